The van der Waals surface area contributed by atoms with Gasteiger partial charge < -0.3 is 4.90 Å². The summed E-state index contributed by atoms with van der Waals surface area (Å²) in [6.45, 7) is 4.17. The first kappa shape index (κ1) is 16.4. The average Bonchev–Trinajstić information content (AvgIpc) is 2.84. The Morgan fingerprint density at radius 3 is 2.61 bits per heavy atom. The molecule has 0 amide bonds. The largest absolute Gasteiger partial charge is 0.312 e. The number of thiocarbonyl (C=S) groups is 1. The van der Waals surface area contributed by atoms with Crippen LogP contribution in [-0.2, 0) is 6.54 Å². The maximum absolute atomic E-state index is 5.67. The quantitative estimate of drug-likeness (QED) is 0.812. The van der Waals surface area contributed by atoms with Crippen molar-refractivity contribution in [3.05, 3.63) is 35.9 Å². The van der Waals surface area contributed by atoms with Gasteiger partial charge in [0, 0.05) is 6.54 Å². The minimum absolute atomic E-state index is 0.0965. The standard InChI is InChI=1S/C19H27N3S/c1-2-3-14-22-18(23)21-17(19(22)12-8-5-9-13-19)20-15-16-10-6-4-7-11-16/h4,6-7,10-11H,2-3,5,8-9,12-15H2,1H3,(H,20,21,23)/p+1. The van der Waals surface area contributed by atoms with Crippen LogP contribution in [-0.4, -0.2) is 27.9 Å². The minimum atomic E-state index is 0.0965. The highest BCUT2D eigenvalue weighted by atomic mass is 32.1. The summed E-state index contributed by atoms with van der Waals surface area (Å²) >= 11 is 5.67. The molecule has 1 aliphatic carbocycles. The molecule has 0 bridgehead atoms. The molecule has 2 fully saturated rings. The maximum atomic E-state index is 5.67. The zero-order chi connectivity index (χ0) is 16.1. The van der Waals surface area contributed by atoms with Crippen LogP contribution in [0, 0.1) is 0 Å². The summed E-state index contributed by atoms with van der Waals surface area (Å²) in [4.78, 5) is 6.14. The monoisotopic (exact) mass is 330 g/mol. The number of benzene rings is 1. The lowest BCUT2D eigenvalue weighted by Gasteiger charge is -2.38. The molecule has 3 nitrogen and oxygen atoms in total. The topological polar surface area (TPSA) is 29.2 Å². The van der Waals surface area contributed by atoms with Gasteiger partial charge in [-0.15, -0.1) is 0 Å². The molecule has 1 aromatic rings. The molecule has 23 heavy (non-hydrogen) atoms. The molecule has 1 saturated carbocycles. The predicted octanol–water partition coefficient (Wildman–Crippen LogP) is 2.36. The summed E-state index contributed by atoms with van der Waals surface area (Å²) in [5.41, 5.74) is 1.41. The van der Waals surface area contributed by atoms with Crippen molar-refractivity contribution in [3.63, 3.8) is 0 Å². The van der Waals surface area contributed by atoms with Gasteiger partial charge in [-0.2, -0.15) is 0 Å². The fourth-order valence-corrected chi connectivity index (χ4v) is 4.27. The highest BCUT2D eigenvalue weighted by Crippen LogP contribution is 2.36. The molecule has 1 aromatic carbocycles. The van der Waals surface area contributed by atoms with Crippen LogP contribution in [0.4, 0.5) is 0 Å². The molecule has 124 valence electrons. The molecular formula is C19H28N3S+. The average molecular weight is 331 g/mol. The van der Waals surface area contributed by atoms with Crippen LogP contribution >= 0.6 is 12.2 Å². The van der Waals surface area contributed by atoms with Gasteiger partial charge >= 0.3 is 0 Å². The van der Waals surface area contributed by atoms with Gasteiger partial charge in [-0.05, 0) is 37.0 Å². The third kappa shape index (κ3) is 3.42. The van der Waals surface area contributed by atoms with Crippen LogP contribution < -0.4 is 10.3 Å². The Balaban J connectivity index is 1.84. The first-order chi connectivity index (χ1) is 11.3. The van der Waals surface area contributed by atoms with Crippen molar-refractivity contribution >= 4 is 23.2 Å². The molecule has 2 N–H and O–H groups in total. The van der Waals surface area contributed by atoms with E-state index in [2.05, 4.69) is 52.5 Å². The number of hydrogen-bond acceptors (Lipinski definition) is 1. The van der Waals surface area contributed by atoms with Crippen LogP contribution in [0.25, 0.3) is 0 Å². The van der Waals surface area contributed by atoms with Gasteiger partial charge in [0.1, 0.15) is 12.1 Å². The number of amidine groups is 1. The van der Waals surface area contributed by atoms with Crippen LogP contribution in [0.3, 0.4) is 0 Å². The highest BCUT2D eigenvalue weighted by molar-refractivity contribution is 7.80. The Labute approximate surface area is 145 Å². The van der Waals surface area contributed by atoms with Crippen molar-refractivity contribution in [1.29, 1.82) is 0 Å². The SMILES string of the molecule is CCCCN1C(=S)NC(=[NH+]Cc2ccccc2)C12CCCCC2. The summed E-state index contributed by atoms with van der Waals surface area (Å²) in [7, 11) is 0. The number of nitrogens with zero attached hydrogens (tertiary/aromatic N) is 1. The Morgan fingerprint density at radius 2 is 1.91 bits per heavy atom. The van der Waals surface area contributed by atoms with Gasteiger partial charge in [0.05, 0.1) is 0 Å². The lowest BCUT2D eigenvalue weighted by atomic mass is 9.80. The van der Waals surface area contributed by atoms with E-state index in [4.69, 9.17) is 12.2 Å². The zero-order valence-corrected chi connectivity index (χ0v) is 14.9. The molecule has 1 aliphatic heterocycles. The minimum Gasteiger partial charge on any atom is -0.312 e. The van der Waals surface area contributed by atoms with Crippen LogP contribution in [0.2, 0.25) is 0 Å². The summed E-state index contributed by atoms with van der Waals surface area (Å²) in [6, 6.07) is 10.6. The lowest BCUT2D eigenvalue weighted by Crippen LogP contribution is -2.78. The summed E-state index contributed by atoms with van der Waals surface area (Å²) < 4.78 is 0. The number of rotatable bonds is 5. The van der Waals surface area contributed by atoms with Crippen molar-refractivity contribution in [1.82, 2.24) is 10.2 Å². The number of nitrogens with one attached hydrogen (secondary N) is 2. The van der Waals surface area contributed by atoms with Crippen LogP contribution in [0.1, 0.15) is 57.4 Å². The predicted molar refractivity (Wildman–Crippen MR) is 99.3 cm³/mol. The summed E-state index contributed by atoms with van der Waals surface area (Å²) in [5, 5.41) is 4.42. The van der Waals surface area contributed by atoms with E-state index in [9.17, 15) is 0 Å². The molecule has 0 aromatic heterocycles. The third-order valence-electron chi connectivity index (χ3n) is 5.19. The van der Waals surface area contributed by atoms with Crippen LogP contribution in [0.15, 0.2) is 30.3 Å². The van der Waals surface area contributed by atoms with Gasteiger partial charge in [-0.25, -0.2) is 5.32 Å². The van der Waals surface area contributed by atoms with Gasteiger partial charge in [-0.1, -0.05) is 62.9 Å². The van der Waals surface area contributed by atoms with Crippen molar-refractivity contribution < 1.29 is 4.99 Å². The summed E-state index contributed by atoms with van der Waals surface area (Å²) in [5.74, 6) is 1.24. The fourth-order valence-electron chi connectivity index (χ4n) is 3.90. The van der Waals surface area contributed by atoms with Crippen molar-refractivity contribution in [3.8, 4) is 0 Å². The fraction of sp³-hybridized carbons (Fsp3) is 0.579. The van der Waals surface area contributed by atoms with E-state index in [1.54, 1.807) is 0 Å². The highest BCUT2D eigenvalue weighted by Gasteiger charge is 2.53. The molecule has 1 saturated heterocycles. The van der Waals surface area contributed by atoms with E-state index in [1.165, 1.54) is 56.3 Å². The molecule has 1 spiro atoms. The molecule has 0 unspecified atom stereocenters. The van der Waals surface area contributed by atoms with Gasteiger partial charge in [-0.3, -0.25) is 4.99 Å². The molecule has 0 atom stereocenters. The number of unbranched alkanes of at least 4 members (excludes halogenated alkanes) is 1. The normalized spacial score (nSPS) is 21.9. The molecule has 3 rings (SSSR count). The molecular weight excluding hydrogens is 302 g/mol. The Morgan fingerprint density at radius 1 is 1.17 bits per heavy atom. The molecule has 2 aliphatic rings. The summed E-state index contributed by atoms with van der Waals surface area (Å²) in [6.07, 6.45) is 8.77. The second-order valence-corrected chi connectivity index (χ2v) is 7.13. The molecule has 1 heterocycles. The van der Waals surface area contributed by atoms with Crippen molar-refractivity contribution in [2.75, 3.05) is 6.54 Å². The second-order valence-electron chi connectivity index (χ2n) is 6.74. The lowest BCUT2D eigenvalue weighted by molar-refractivity contribution is -0.480. The van der Waals surface area contributed by atoms with Gasteiger partial charge in [0.25, 0.3) is 10.9 Å². The van der Waals surface area contributed by atoms with E-state index in [0.717, 1.165) is 18.2 Å². The van der Waals surface area contributed by atoms with E-state index in [-0.39, 0.29) is 5.54 Å². The molecule has 0 radical (unpaired) electrons. The van der Waals surface area contributed by atoms with E-state index >= 15 is 0 Å². The first-order valence-electron chi connectivity index (χ1n) is 9.00. The Bertz CT molecular complexity index is 561. The molecule has 4 heteroatoms. The number of hydrogen-bond donors (Lipinski definition) is 2. The Hall–Kier alpha value is -1.42. The van der Waals surface area contributed by atoms with Gasteiger partial charge in [0.2, 0.25) is 0 Å². The van der Waals surface area contributed by atoms with E-state index in [0.29, 0.717) is 0 Å². The first-order valence-corrected chi connectivity index (χ1v) is 9.41. The second kappa shape index (κ2) is 7.43. The van der Waals surface area contributed by atoms with E-state index < -0.39 is 0 Å². The third-order valence-corrected chi connectivity index (χ3v) is 5.51. The van der Waals surface area contributed by atoms with E-state index in [1.807, 2.05) is 0 Å². The smallest absolute Gasteiger partial charge is 0.276 e. The van der Waals surface area contributed by atoms with Crippen molar-refractivity contribution in [2.24, 2.45) is 0 Å². The zero-order valence-electron chi connectivity index (χ0n) is 14.1. The Kier molecular flexibility index (Phi) is 5.31. The maximum Gasteiger partial charge on any atom is 0.276 e. The van der Waals surface area contributed by atoms with Gasteiger partial charge in [0.15, 0.2) is 0 Å². The van der Waals surface area contributed by atoms with Crippen molar-refractivity contribution in [2.45, 2.75) is 64.0 Å². The van der Waals surface area contributed by atoms with Crippen LogP contribution in [0.5, 0.6) is 0 Å².